The number of ether oxygens (including phenoxy) is 2. The predicted molar refractivity (Wildman–Crippen MR) is 112 cm³/mol. The van der Waals surface area contributed by atoms with Gasteiger partial charge < -0.3 is 14.4 Å². The van der Waals surface area contributed by atoms with Crippen molar-refractivity contribution in [3.63, 3.8) is 0 Å². The number of hydrogen-bond acceptors (Lipinski definition) is 6. The summed E-state index contributed by atoms with van der Waals surface area (Å²) in [4.78, 5) is 17.7. The van der Waals surface area contributed by atoms with Crippen LogP contribution in [0, 0.1) is 11.3 Å². The van der Waals surface area contributed by atoms with Gasteiger partial charge in [0.05, 0.1) is 19.0 Å². The second kappa shape index (κ2) is 10.7. The van der Waals surface area contributed by atoms with Crippen molar-refractivity contribution in [3.8, 4) is 17.7 Å². The van der Waals surface area contributed by atoms with Gasteiger partial charge in [0.1, 0.15) is 17.6 Å². The summed E-state index contributed by atoms with van der Waals surface area (Å²) in [6.45, 7) is 2.73. The van der Waals surface area contributed by atoms with E-state index in [0.29, 0.717) is 13.0 Å². The fraction of sp³-hybridized carbons (Fsp3) is 0.435. The molecule has 0 aliphatic carbocycles. The largest absolute Gasteiger partial charge is 0.489 e. The van der Waals surface area contributed by atoms with E-state index in [1.165, 1.54) is 0 Å². The van der Waals surface area contributed by atoms with Crippen molar-refractivity contribution in [1.29, 1.82) is 5.26 Å². The smallest absolute Gasteiger partial charge is 0.272 e. The Kier molecular flexibility index (Phi) is 7.76. The van der Waals surface area contributed by atoms with Crippen LogP contribution in [0.25, 0.3) is 0 Å². The second-order valence-corrected chi connectivity index (χ2v) is 7.58. The van der Waals surface area contributed by atoms with Gasteiger partial charge in [0.25, 0.3) is 6.43 Å². The highest BCUT2D eigenvalue weighted by atomic mass is 19.3. The Hall–Kier alpha value is -3.21. The fourth-order valence-electron chi connectivity index (χ4n) is 3.57. The highest BCUT2D eigenvalue weighted by molar-refractivity contribution is 5.81. The summed E-state index contributed by atoms with van der Waals surface area (Å²) in [5, 5.41) is 8.61. The van der Waals surface area contributed by atoms with Gasteiger partial charge in [0.2, 0.25) is 5.88 Å². The van der Waals surface area contributed by atoms with Gasteiger partial charge in [-0.15, -0.1) is 0 Å². The molecule has 1 saturated heterocycles. The lowest BCUT2D eigenvalue weighted by molar-refractivity contribution is -0.118. The first-order valence-corrected chi connectivity index (χ1v) is 10.2. The molecular formula is C23H25F2N3O3. The van der Waals surface area contributed by atoms with Crippen LogP contribution in [0.3, 0.4) is 0 Å². The highest BCUT2D eigenvalue weighted by Crippen LogP contribution is 2.27. The number of pyridine rings is 1. The molecule has 2 atom stereocenters. The Morgan fingerprint density at radius 1 is 1.32 bits per heavy atom. The van der Waals surface area contributed by atoms with E-state index in [0.717, 1.165) is 30.0 Å². The minimum absolute atomic E-state index is 0.000854. The number of alkyl halides is 2. The van der Waals surface area contributed by atoms with Gasteiger partial charge in [-0.25, -0.2) is 13.8 Å². The maximum atomic E-state index is 12.3. The monoisotopic (exact) mass is 429 g/mol. The molecule has 8 heteroatoms. The van der Waals surface area contributed by atoms with Crippen molar-refractivity contribution in [2.45, 2.75) is 44.6 Å². The van der Waals surface area contributed by atoms with Crippen LogP contribution < -0.4 is 14.4 Å². The third-order valence-electron chi connectivity index (χ3n) is 5.15. The van der Waals surface area contributed by atoms with Crippen LogP contribution in [0.2, 0.25) is 0 Å². The summed E-state index contributed by atoms with van der Waals surface area (Å²) >= 11 is 0. The van der Waals surface area contributed by atoms with Gasteiger partial charge in [-0.2, -0.15) is 5.26 Å². The summed E-state index contributed by atoms with van der Waals surface area (Å²) in [7, 11) is 0. The van der Waals surface area contributed by atoms with Crippen LogP contribution in [-0.2, 0) is 4.79 Å². The van der Waals surface area contributed by atoms with Crippen molar-refractivity contribution in [3.05, 3.63) is 48.2 Å². The molecule has 1 unspecified atom stereocenters. The minimum Gasteiger partial charge on any atom is -0.489 e. The van der Waals surface area contributed by atoms with E-state index in [4.69, 9.17) is 14.7 Å². The third kappa shape index (κ3) is 6.64. The predicted octanol–water partition coefficient (Wildman–Crippen LogP) is 4.36. The molecule has 164 valence electrons. The normalized spacial score (nSPS) is 16.7. The van der Waals surface area contributed by atoms with Crippen molar-refractivity contribution in [2.75, 3.05) is 24.6 Å². The van der Waals surface area contributed by atoms with Crippen molar-refractivity contribution >= 4 is 11.5 Å². The number of rotatable bonds is 10. The number of ketones is 1. The molecule has 1 aromatic carbocycles. The quantitative estimate of drug-likeness (QED) is 0.559. The van der Waals surface area contributed by atoms with Gasteiger partial charge in [-0.05, 0) is 29.7 Å². The van der Waals surface area contributed by atoms with E-state index in [1.807, 2.05) is 43.3 Å². The number of nitriles is 1. The van der Waals surface area contributed by atoms with Gasteiger partial charge in [0.15, 0.2) is 6.61 Å². The fourth-order valence-corrected chi connectivity index (χ4v) is 3.57. The van der Waals surface area contributed by atoms with E-state index in [9.17, 15) is 13.6 Å². The highest BCUT2D eigenvalue weighted by Gasteiger charge is 2.25. The molecule has 0 spiro atoms. The zero-order valence-corrected chi connectivity index (χ0v) is 17.3. The van der Waals surface area contributed by atoms with Gasteiger partial charge >= 0.3 is 0 Å². The van der Waals surface area contributed by atoms with Gasteiger partial charge in [-0.1, -0.05) is 19.1 Å². The zero-order chi connectivity index (χ0) is 22.2. The van der Waals surface area contributed by atoms with Crippen molar-refractivity contribution in [2.24, 2.45) is 0 Å². The summed E-state index contributed by atoms with van der Waals surface area (Å²) in [5.74, 6) is 0.923. The number of halogens is 2. The van der Waals surface area contributed by atoms with Crippen LogP contribution >= 0.6 is 0 Å². The number of nitrogens with zero attached hydrogens (tertiary/aromatic N) is 3. The van der Waals surface area contributed by atoms with E-state index in [2.05, 4.69) is 9.88 Å². The average molecular weight is 429 g/mol. The Bertz CT molecular complexity index is 915. The molecule has 2 heterocycles. The molecule has 6 nitrogen and oxygen atoms in total. The van der Waals surface area contributed by atoms with E-state index >= 15 is 0 Å². The number of anilines is 1. The molecule has 0 N–H and O–H groups in total. The van der Waals surface area contributed by atoms with E-state index in [1.54, 1.807) is 12.3 Å². The Labute approximate surface area is 180 Å². The molecule has 3 rings (SSSR count). The molecule has 31 heavy (non-hydrogen) atoms. The Balaban J connectivity index is 1.53. The summed E-state index contributed by atoms with van der Waals surface area (Å²) < 4.78 is 35.8. The third-order valence-corrected chi connectivity index (χ3v) is 5.15. The van der Waals surface area contributed by atoms with Gasteiger partial charge in [0, 0.05) is 37.3 Å². The topological polar surface area (TPSA) is 75.5 Å². The number of hydrogen-bond donors (Lipinski definition) is 0. The summed E-state index contributed by atoms with van der Waals surface area (Å²) in [5.41, 5.74) is 1.89. The first kappa shape index (κ1) is 22.5. The van der Waals surface area contributed by atoms with Crippen LogP contribution in [0.4, 0.5) is 14.5 Å². The minimum atomic E-state index is -2.54. The molecule has 2 aromatic rings. The molecule has 0 saturated carbocycles. The standard InChI is InChI=1S/C23H25F2N3O3/c1-16(12-19(29)6-9-26)17-2-4-20(5-3-17)31-21-8-11-28(14-21)18-7-10-27-23(13-18)30-15-22(24)25/h2-5,7,10,13,16,21-22H,6,8,11-12,14-15H2,1H3/t16-,21?/m1/s1. The van der Waals surface area contributed by atoms with Crippen LogP contribution in [0.15, 0.2) is 42.6 Å². The molecule has 0 bridgehead atoms. The Morgan fingerprint density at radius 2 is 2.10 bits per heavy atom. The lowest BCUT2D eigenvalue weighted by Crippen LogP contribution is -2.24. The van der Waals surface area contributed by atoms with Crippen LogP contribution in [0.5, 0.6) is 11.6 Å². The Morgan fingerprint density at radius 3 is 2.81 bits per heavy atom. The lowest BCUT2D eigenvalue weighted by Gasteiger charge is -2.20. The van der Waals surface area contributed by atoms with Crippen LogP contribution in [0.1, 0.15) is 37.7 Å². The second-order valence-electron chi connectivity index (χ2n) is 7.58. The van der Waals surface area contributed by atoms with E-state index < -0.39 is 13.0 Å². The number of carbonyl (C=O) groups is 1. The molecule has 1 aliphatic heterocycles. The molecule has 0 radical (unpaired) electrons. The number of benzene rings is 1. The number of Topliss-reactive ketones (excluding diaryl/α,β-unsaturated/α-hetero) is 1. The average Bonchev–Trinajstić information content (AvgIpc) is 3.21. The zero-order valence-electron chi connectivity index (χ0n) is 17.3. The lowest BCUT2D eigenvalue weighted by atomic mass is 9.95. The molecule has 1 aromatic heterocycles. The van der Waals surface area contributed by atoms with Crippen molar-refractivity contribution in [1.82, 2.24) is 4.98 Å². The maximum absolute atomic E-state index is 12.3. The van der Waals surface area contributed by atoms with Gasteiger partial charge in [-0.3, -0.25) is 4.79 Å². The first-order valence-electron chi connectivity index (χ1n) is 10.2. The first-order chi connectivity index (χ1) is 14.9. The molecule has 1 fully saturated rings. The van der Waals surface area contributed by atoms with E-state index in [-0.39, 0.29) is 30.1 Å². The molecular weight excluding hydrogens is 404 g/mol. The summed E-state index contributed by atoms with van der Waals surface area (Å²) in [6, 6.07) is 13.1. The molecule has 1 aliphatic rings. The summed E-state index contributed by atoms with van der Waals surface area (Å²) in [6.07, 6.45) is 0.130. The number of aromatic nitrogens is 1. The van der Waals surface area contributed by atoms with Crippen molar-refractivity contribution < 1.29 is 23.0 Å². The molecule has 0 amide bonds. The maximum Gasteiger partial charge on any atom is 0.272 e. The van der Waals surface area contributed by atoms with Crippen LogP contribution in [-0.4, -0.2) is 43.0 Å². The number of carbonyl (C=O) groups excluding carboxylic acids is 1. The SMILES string of the molecule is C[C@H](CC(=O)CC#N)c1ccc(OC2CCN(c3ccnc(OCC(F)F)c3)C2)cc1.